The Bertz CT molecular complexity index is 910. The van der Waals surface area contributed by atoms with E-state index in [2.05, 4.69) is 16.0 Å². The number of halogens is 2. The number of allylic oxidation sites excluding steroid dienone is 1. The van der Waals surface area contributed by atoms with Gasteiger partial charge in [0, 0.05) is 21.4 Å². The van der Waals surface area contributed by atoms with E-state index < -0.39 is 0 Å². The molecular weight excluding hydrogens is 389 g/mol. The van der Waals surface area contributed by atoms with Crippen LogP contribution in [0.15, 0.2) is 53.7 Å². The number of benzene rings is 2. The van der Waals surface area contributed by atoms with Crippen molar-refractivity contribution in [3.05, 3.63) is 74.9 Å². The summed E-state index contributed by atoms with van der Waals surface area (Å²) in [6.07, 6.45) is 0. The lowest BCUT2D eigenvalue weighted by Crippen LogP contribution is -2.45. The standard InChI is InChI=1S/C19H17Cl2N3OS/c1-10-14(21)4-3-5-15(10)23-18(25)16-11(2)22-19(26)24-17(16)12-6-8-13(20)9-7-12/h3-9,17H,1-2H3,(H,23,25)(H2,22,24,26). The molecule has 0 bridgehead atoms. The summed E-state index contributed by atoms with van der Waals surface area (Å²) in [7, 11) is 0. The molecule has 0 aromatic heterocycles. The van der Waals surface area contributed by atoms with E-state index in [9.17, 15) is 4.79 Å². The van der Waals surface area contributed by atoms with Gasteiger partial charge in [0.05, 0.1) is 11.6 Å². The van der Waals surface area contributed by atoms with E-state index in [4.69, 9.17) is 35.4 Å². The molecule has 0 saturated heterocycles. The van der Waals surface area contributed by atoms with Gasteiger partial charge in [0.15, 0.2) is 5.11 Å². The van der Waals surface area contributed by atoms with E-state index >= 15 is 0 Å². The smallest absolute Gasteiger partial charge is 0.255 e. The number of anilines is 1. The van der Waals surface area contributed by atoms with Crippen molar-refractivity contribution in [2.24, 2.45) is 0 Å². The Morgan fingerprint density at radius 3 is 2.50 bits per heavy atom. The van der Waals surface area contributed by atoms with Crippen molar-refractivity contribution in [3.63, 3.8) is 0 Å². The lowest BCUT2D eigenvalue weighted by Gasteiger charge is -2.30. The van der Waals surface area contributed by atoms with Gasteiger partial charge in [-0.1, -0.05) is 41.4 Å². The fourth-order valence-electron chi connectivity index (χ4n) is 2.83. The van der Waals surface area contributed by atoms with Crippen LogP contribution in [0.3, 0.4) is 0 Å². The van der Waals surface area contributed by atoms with Crippen molar-refractivity contribution in [2.45, 2.75) is 19.9 Å². The van der Waals surface area contributed by atoms with E-state index in [1.807, 2.05) is 32.0 Å². The molecule has 0 saturated carbocycles. The number of amides is 1. The first-order valence-electron chi connectivity index (χ1n) is 7.97. The second-order valence-corrected chi connectivity index (χ2v) is 7.24. The Balaban J connectivity index is 1.96. The summed E-state index contributed by atoms with van der Waals surface area (Å²) >= 11 is 17.4. The number of rotatable bonds is 3. The van der Waals surface area contributed by atoms with Gasteiger partial charge in [-0.05, 0) is 61.5 Å². The number of thiocarbonyl (C=S) groups is 1. The molecule has 26 heavy (non-hydrogen) atoms. The number of carbonyl (C=O) groups is 1. The molecular formula is C19H17Cl2N3OS. The Morgan fingerprint density at radius 1 is 1.12 bits per heavy atom. The lowest BCUT2D eigenvalue weighted by atomic mass is 9.95. The molecule has 0 radical (unpaired) electrons. The average Bonchev–Trinajstić information content (AvgIpc) is 2.59. The highest BCUT2D eigenvalue weighted by molar-refractivity contribution is 7.80. The van der Waals surface area contributed by atoms with Crippen LogP contribution in [0.4, 0.5) is 5.69 Å². The molecule has 0 spiro atoms. The molecule has 1 heterocycles. The highest BCUT2D eigenvalue weighted by Crippen LogP contribution is 2.30. The first kappa shape index (κ1) is 18.7. The molecule has 0 aliphatic carbocycles. The fourth-order valence-corrected chi connectivity index (χ4v) is 3.40. The molecule has 2 aromatic rings. The topological polar surface area (TPSA) is 53.2 Å². The molecule has 1 aliphatic rings. The van der Waals surface area contributed by atoms with Gasteiger partial charge < -0.3 is 16.0 Å². The zero-order valence-corrected chi connectivity index (χ0v) is 16.5. The van der Waals surface area contributed by atoms with Crippen LogP contribution in [0.25, 0.3) is 0 Å². The highest BCUT2D eigenvalue weighted by atomic mass is 35.5. The monoisotopic (exact) mass is 405 g/mol. The van der Waals surface area contributed by atoms with Crippen LogP contribution in [0.1, 0.15) is 24.1 Å². The van der Waals surface area contributed by atoms with Crippen molar-refractivity contribution >= 4 is 52.1 Å². The normalized spacial score (nSPS) is 16.8. The van der Waals surface area contributed by atoms with Crippen LogP contribution < -0.4 is 16.0 Å². The summed E-state index contributed by atoms with van der Waals surface area (Å²) in [6.45, 7) is 3.69. The second kappa shape index (κ2) is 7.66. The predicted molar refractivity (Wildman–Crippen MR) is 111 cm³/mol. The third-order valence-corrected chi connectivity index (χ3v) is 5.11. The maximum atomic E-state index is 13.0. The first-order valence-corrected chi connectivity index (χ1v) is 9.13. The van der Waals surface area contributed by atoms with Gasteiger partial charge in [-0.15, -0.1) is 0 Å². The van der Waals surface area contributed by atoms with E-state index in [0.29, 0.717) is 32.1 Å². The number of hydrogen-bond donors (Lipinski definition) is 3. The minimum absolute atomic E-state index is 0.227. The summed E-state index contributed by atoms with van der Waals surface area (Å²) in [5, 5.41) is 10.8. The Labute approximate surface area is 167 Å². The molecule has 1 atom stereocenters. The second-order valence-electron chi connectivity index (χ2n) is 5.99. The van der Waals surface area contributed by atoms with Crippen molar-refractivity contribution < 1.29 is 4.79 Å². The van der Waals surface area contributed by atoms with E-state index in [-0.39, 0.29) is 11.9 Å². The molecule has 3 N–H and O–H groups in total. The zero-order chi connectivity index (χ0) is 18.8. The summed E-state index contributed by atoms with van der Waals surface area (Å²) in [6, 6.07) is 12.4. The summed E-state index contributed by atoms with van der Waals surface area (Å²) in [5.41, 5.74) is 3.64. The Morgan fingerprint density at radius 2 is 1.81 bits per heavy atom. The minimum Gasteiger partial charge on any atom is -0.351 e. The number of carbonyl (C=O) groups excluding carboxylic acids is 1. The van der Waals surface area contributed by atoms with E-state index in [0.717, 1.165) is 11.1 Å². The highest BCUT2D eigenvalue weighted by Gasteiger charge is 2.30. The van der Waals surface area contributed by atoms with Crippen LogP contribution in [0, 0.1) is 6.92 Å². The van der Waals surface area contributed by atoms with Gasteiger partial charge in [0.2, 0.25) is 0 Å². The molecule has 0 fully saturated rings. The minimum atomic E-state index is -0.375. The first-order chi connectivity index (χ1) is 12.4. The molecule has 7 heteroatoms. The largest absolute Gasteiger partial charge is 0.351 e. The maximum Gasteiger partial charge on any atom is 0.255 e. The van der Waals surface area contributed by atoms with Crippen molar-refractivity contribution in [1.29, 1.82) is 0 Å². The van der Waals surface area contributed by atoms with Crippen LogP contribution in [-0.4, -0.2) is 11.0 Å². The van der Waals surface area contributed by atoms with Gasteiger partial charge in [0.1, 0.15) is 0 Å². The third kappa shape index (κ3) is 3.85. The number of hydrogen-bond acceptors (Lipinski definition) is 2. The molecule has 1 amide bonds. The average molecular weight is 406 g/mol. The summed E-state index contributed by atoms with van der Waals surface area (Å²) < 4.78 is 0. The maximum absolute atomic E-state index is 13.0. The van der Waals surface area contributed by atoms with Crippen molar-refractivity contribution in [3.8, 4) is 0 Å². The SMILES string of the molecule is CC1=C(C(=O)Nc2cccc(Cl)c2C)C(c2ccc(Cl)cc2)NC(=S)N1. The molecule has 1 aliphatic heterocycles. The van der Waals surface area contributed by atoms with Gasteiger partial charge in [-0.25, -0.2) is 0 Å². The van der Waals surface area contributed by atoms with Crippen molar-refractivity contribution in [2.75, 3.05) is 5.32 Å². The summed E-state index contributed by atoms with van der Waals surface area (Å²) in [4.78, 5) is 13.0. The zero-order valence-electron chi connectivity index (χ0n) is 14.2. The Kier molecular flexibility index (Phi) is 5.51. The number of nitrogens with one attached hydrogen (secondary N) is 3. The molecule has 4 nitrogen and oxygen atoms in total. The van der Waals surface area contributed by atoms with Crippen LogP contribution in [0.5, 0.6) is 0 Å². The predicted octanol–water partition coefficient (Wildman–Crippen LogP) is 4.73. The van der Waals surface area contributed by atoms with Gasteiger partial charge >= 0.3 is 0 Å². The van der Waals surface area contributed by atoms with Crippen molar-refractivity contribution in [1.82, 2.24) is 10.6 Å². The molecule has 2 aromatic carbocycles. The van der Waals surface area contributed by atoms with Crippen LogP contribution in [-0.2, 0) is 4.79 Å². The quantitative estimate of drug-likeness (QED) is 0.645. The Hall–Kier alpha value is -2.08. The van der Waals surface area contributed by atoms with Crippen LogP contribution in [0.2, 0.25) is 10.0 Å². The molecule has 1 unspecified atom stereocenters. The lowest BCUT2D eigenvalue weighted by molar-refractivity contribution is -0.113. The van der Waals surface area contributed by atoms with Gasteiger partial charge in [0.25, 0.3) is 5.91 Å². The van der Waals surface area contributed by atoms with Crippen LogP contribution >= 0.6 is 35.4 Å². The molecule has 3 rings (SSSR count). The third-order valence-electron chi connectivity index (χ3n) is 4.23. The molecule has 134 valence electrons. The van der Waals surface area contributed by atoms with E-state index in [1.165, 1.54) is 0 Å². The van der Waals surface area contributed by atoms with E-state index in [1.54, 1.807) is 24.3 Å². The summed E-state index contributed by atoms with van der Waals surface area (Å²) in [5.74, 6) is -0.227. The van der Waals surface area contributed by atoms with Gasteiger partial charge in [-0.3, -0.25) is 4.79 Å². The fraction of sp³-hybridized carbons (Fsp3) is 0.158. The van der Waals surface area contributed by atoms with Gasteiger partial charge in [-0.2, -0.15) is 0 Å².